The van der Waals surface area contributed by atoms with Crippen molar-refractivity contribution in [2.75, 3.05) is 0 Å². The van der Waals surface area contributed by atoms with Gasteiger partial charge in [0, 0.05) is 16.7 Å². The van der Waals surface area contributed by atoms with Gasteiger partial charge in [-0.3, -0.25) is 0 Å². The Labute approximate surface area is 140 Å². The number of hydrogen-bond acceptors (Lipinski definition) is 3. The molecule has 3 heteroatoms. The highest BCUT2D eigenvalue weighted by Gasteiger charge is 2.29. The van der Waals surface area contributed by atoms with Crippen molar-refractivity contribution in [3.05, 3.63) is 35.4 Å². The van der Waals surface area contributed by atoms with E-state index in [1.807, 2.05) is 20.8 Å². The number of rotatable bonds is 5. The molecule has 0 aliphatic carbocycles. The summed E-state index contributed by atoms with van der Waals surface area (Å²) in [5.74, 6) is 0.306. The number of aromatic hydroxyl groups is 1. The Bertz CT molecular complexity index is 604. The van der Waals surface area contributed by atoms with Gasteiger partial charge in [-0.2, -0.15) is 0 Å². The van der Waals surface area contributed by atoms with E-state index in [2.05, 4.69) is 27.4 Å². The monoisotopic (exact) mass is 318 g/mol. The van der Waals surface area contributed by atoms with Crippen molar-refractivity contribution >= 4 is 5.97 Å². The van der Waals surface area contributed by atoms with Gasteiger partial charge in [0.05, 0.1) is 0 Å². The highest BCUT2D eigenvalue weighted by Crippen LogP contribution is 2.43. The highest BCUT2D eigenvalue weighted by molar-refractivity contribution is 5.88. The van der Waals surface area contributed by atoms with Gasteiger partial charge in [0.25, 0.3) is 0 Å². The molecule has 1 aromatic carbocycles. The lowest BCUT2D eigenvalue weighted by Crippen LogP contribution is -2.21. The van der Waals surface area contributed by atoms with Crippen molar-refractivity contribution in [3.63, 3.8) is 0 Å². The van der Waals surface area contributed by atoms with Gasteiger partial charge in [-0.25, -0.2) is 4.79 Å². The molecular formula is C20H30O3. The minimum Gasteiger partial charge on any atom is -0.507 e. The first-order valence-corrected chi connectivity index (χ1v) is 8.15. The summed E-state index contributed by atoms with van der Waals surface area (Å²) < 4.78 is 5.43. The second-order valence-electron chi connectivity index (χ2n) is 7.92. The van der Waals surface area contributed by atoms with Gasteiger partial charge in [0.15, 0.2) is 0 Å². The van der Waals surface area contributed by atoms with Crippen LogP contribution in [-0.4, -0.2) is 11.1 Å². The topological polar surface area (TPSA) is 46.5 Å². The number of carbonyl (C=O) groups excluding carboxylic acids is 1. The molecule has 0 amide bonds. The molecule has 0 spiro atoms. The van der Waals surface area contributed by atoms with Crippen LogP contribution in [-0.2, 0) is 15.6 Å². The van der Waals surface area contributed by atoms with E-state index in [-0.39, 0.29) is 10.8 Å². The van der Waals surface area contributed by atoms with Gasteiger partial charge in [-0.15, -0.1) is 0 Å². The van der Waals surface area contributed by atoms with Crippen LogP contribution >= 0.6 is 0 Å². The van der Waals surface area contributed by atoms with Crippen LogP contribution in [0.15, 0.2) is 24.3 Å². The third-order valence-electron chi connectivity index (χ3n) is 4.05. The fraction of sp³-hybridized carbons (Fsp3) is 0.550. The standard InChI is InChI=1S/C20H30O3/c1-9-10-20(7,8)16-12-14(23-18(22)13(2)3)11-15(17(16)21)19(4,5)6/h11-12,21H,2,9-10H2,1,3-8H3. The summed E-state index contributed by atoms with van der Waals surface area (Å²) in [6, 6.07) is 3.53. The first kappa shape index (κ1) is 19.3. The van der Waals surface area contributed by atoms with E-state index in [9.17, 15) is 9.90 Å². The fourth-order valence-corrected chi connectivity index (χ4v) is 2.71. The molecule has 23 heavy (non-hydrogen) atoms. The van der Waals surface area contributed by atoms with Crippen LogP contribution in [0.5, 0.6) is 11.5 Å². The van der Waals surface area contributed by atoms with Gasteiger partial charge < -0.3 is 9.84 Å². The summed E-state index contributed by atoms with van der Waals surface area (Å²) in [4.78, 5) is 11.9. The normalized spacial score (nSPS) is 12.1. The molecule has 3 nitrogen and oxygen atoms in total. The zero-order chi connectivity index (χ0) is 18.0. The maximum atomic E-state index is 11.9. The molecule has 1 N–H and O–H groups in total. The quantitative estimate of drug-likeness (QED) is 0.458. The number of carbonyl (C=O) groups is 1. The molecule has 0 bridgehead atoms. The molecule has 0 aliphatic rings. The van der Waals surface area contributed by atoms with Gasteiger partial charge in [0.1, 0.15) is 11.5 Å². The number of esters is 1. The Morgan fingerprint density at radius 1 is 1.17 bits per heavy atom. The minimum atomic E-state index is -0.449. The maximum Gasteiger partial charge on any atom is 0.338 e. The first-order chi connectivity index (χ1) is 10.4. The van der Waals surface area contributed by atoms with Gasteiger partial charge in [-0.05, 0) is 36.3 Å². The zero-order valence-electron chi connectivity index (χ0n) is 15.5. The molecule has 0 aromatic heterocycles. The van der Waals surface area contributed by atoms with E-state index >= 15 is 0 Å². The van der Waals surface area contributed by atoms with Crippen molar-refractivity contribution in [1.82, 2.24) is 0 Å². The SMILES string of the molecule is C=C(C)C(=O)Oc1cc(C(C)(C)C)c(O)c(C(C)(C)CCC)c1. The average molecular weight is 318 g/mol. The number of hydrogen-bond donors (Lipinski definition) is 1. The number of phenols is 1. The lowest BCUT2D eigenvalue weighted by Gasteiger charge is -2.30. The van der Waals surface area contributed by atoms with Crippen molar-refractivity contribution < 1.29 is 14.6 Å². The zero-order valence-corrected chi connectivity index (χ0v) is 15.5. The second-order valence-corrected chi connectivity index (χ2v) is 7.92. The molecular weight excluding hydrogens is 288 g/mol. The van der Waals surface area contributed by atoms with Gasteiger partial charge >= 0.3 is 5.97 Å². The number of ether oxygens (including phenoxy) is 1. The lowest BCUT2D eigenvalue weighted by molar-refractivity contribution is -0.130. The average Bonchev–Trinajstić information content (AvgIpc) is 2.38. The molecule has 0 saturated carbocycles. The minimum absolute atomic E-state index is 0.204. The summed E-state index contributed by atoms with van der Waals surface area (Å²) >= 11 is 0. The van der Waals surface area contributed by atoms with E-state index in [0.717, 1.165) is 24.0 Å². The molecule has 0 atom stereocenters. The maximum absolute atomic E-state index is 11.9. The Kier molecular flexibility index (Phi) is 5.68. The van der Waals surface area contributed by atoms with E-state index in [0.29, 0.717) is 17.1 Å². The lowest BCUT2D eigenvalue weighted by atomic mass is 9.76. The van der Waals surface area contributed by atoms with Gasteiger partial charge in [0.2, 0.25) is 0 Å². The predicted molar refractivity (Wildman–Crippen MR) is 95.2 cm³/mol. The fourth-order valence-electron chi connectivity index (χ4n) is 2.71. The van der Waals surface area contributed by atoms with E-state index in [1.54, 1.807) is 19.1 Å². The molecule has 0 fully saturated rings. The first-order valence-electron chi connectivity index (χ1n) is 8.15. The Balaban J connectivity index is 3.51. The van der Waals surface area contributed by atoms with Crippen molar-refractivity contribution in [2.45, 2.75) is 72.1 Å². The largest absolute Gasteiger partial charge is 0.507 e. The molecule has 0 saturated heterocycles. The molecule has 0 unspecified atom stereocenters. The molecule has 0 radical (unpaired) electrons. The van der Waals surface area contributed by atoms with Crippen molar-refractivity contribution in [2.24, 2.45) is 0 Å². The van der Waals surface area contributed by atoms with Crippen molar-refractivity contribution in [3.8, 4) is 11.5 Å². The van der Waals surface area contributed by atoms with Crippen LogP contribution in [0.25, 0.3) is 0 Å². The highest BCUT2D eigenvalue weighted by atomic mass is 16.5. The third kappa shape index (κ3) is 4.60. The summed E-state index contributed by atoms with van der Waals surface area (Å²) in [5.41, 5.74) is 1.49. The van der Waals surface area contributed by atoms with Crippen LogP contribution in [0.1, 0.15) is 72.4 Å². The summed E-state index contributed by atoms with van der Waals surface area (Å²) in [5, 5.41) is 10.8. The Morgan fingerprint density at radius 2 is 1.70 bits per heavy atom. The Morgan fingerprint density at radius 3 is 2.13 bits per heavy atom. The van der Waals surface area contributed by atoms with E-state index in [4.69, 9.17) is 4.74 Å². The van der Waals surface area contributed by atoms with Crippen LogP contribution < -0.4 is 4.74 Å². The summed E-state index contributed by atoms with van der Waals surface area (Å²) in [7, 11) is 0. The number of phenolic OH excluding ortho intramolecular Hbond substituents is 1. The predicted octanol–water partition coefficient (Wildman–Crippen LogP) is 5.25. The molecule has 1 aromatic rings. The Hall–Kier alpha value is -1.77. The van der Waals surface area contributed by atoms with E-state index < -0.39 is 5.97 Å². The summed E-state index contributed by atoms with van der Waals surface area (Å²) in [6.07, 6.45) is 1.94. The van der Waals surface area contributed by atoms with Crippen LogP contribution in [0.3, 0.4) is 0 Å². The van der Waals surface area contributed by atoms with Crippen LogP contribution in [0.4, 0.5) is 0 Å². The molecule has 128 valence electrons. The van der Waals surface area contributed by atoms with E-state index in [1.165, 1.54) is 0 Å². The number of benzene rings is 1. The van der Waals surface area contributed by atoms with Gasteiger partial charge in [-0.1, -0.05) is 54.5 Å². The van der Waals surface area contributed by atoms with Crippen LogP contribution in [0, 0.1) is 0 Å². The second kappa shape index (κ2) is 6.77. The van der Waals surface area contributed by atoms with Crippen molar-refractivity contribution in [1.29, 1.82) is 0 Å². The van der Waals surface area contributed by atoms with Crippen LogP contribution in [0.2, 0.25) is 0 Å². The molecule has 0 heterocycles. The molecule has 1 rings (SSSR count). The molecule has 0 aliphatic heterocycles. The third-order valence-corrected chi connectivity index (χ3v) is 4.05. The smallest absolute Gasteiger partial charge is 0.338 e. The summed E-state index contributed by atoms with van der Waals surface area (Å²) in [6.45, 7) is 17.6.